The zero-order valence-electron chi connectivity index (χ0n) is 20.9. The largest absolute Gasteiger partial charge is 0.370 e. The van der Waals surface area contributed by atoms with Crippen molar-refractivity contribution < 1.29 is 9.53 Å². The molecule has 0 radical (unpaired) electrons. The Labute approximate surface area is 232 Å². The summed E-state index contributed by atoms with van der Waals surface area (Å²) >= 11 is 8.84. The summed E-state index contributed by atoms with van der Waals surface area (Å²) in [4.78, 5) is 28.7. The Kier molecular flexibility index (Phi) is 6.63. The van der Waals surface area contributed by atoms with Gasteiger partial charge in [-0.05, 0) is 55.7 Å². The van der Waals surface area contributed by atoms with Gasteiger partial charge in [-0.2, -0.15) is 0 Å². The normalized spacial score (nSPS) is 14.7. The third kappa shape index (κ3) is 4.68. The lowest BCUT2D eigenvalue weighted by Crippen LogP contribution is -2.32. The van der Waals surface area contributed by atoms with Crippen molar-refractivity contribution in [3.63, 3.8) is 0 Å². The number of halogens is 1. The maximum Gasteiger partial charge on any atom is 0.263 e. The summed E-state index contributed by atoms with van der Waals surface area (Å²) in [6.45, 7) is 5.04. The predicted molar refractivity (Wildman–Crippen MR) is 152 cm³/mol. The van der Waals surface area contributed by atoms with E-state index in [1.165, 1.54) is 11.8 Å². The molecule has 0 bridgehead atoms. The number of carbonyl (C=O) groups is 1. The Morgan fingerprint density at radius 2 is 1.89 bits per heavy atom. The number of hydrogen-bond donors (Lipinski definition) is 0. The minimum Gasteiger partial charge on any atom is -0.370 e. The van der Waals surface area contributed by atoms with E-state index < -0.39 is 0 Å². The average Bonchev–Trinajstić information content (AvgIpc) is 3.49. The lowest BCUT2D eigenvalue weighted by Gasteiger charge is -2.29. The highest BCUT2D eigenvalue weighted by molar-refractivity contribution is 7.99. The fraction of sp³-hybridized carbons (Fsp3) is 0.286. The van der Waals surface area contributed by atoms with Crippen LogP contribution in [0.2, 0.25) is 5.02 Å². The summed E-state index contributed by atoms with van der Waals surface area (Å²) in [6.07, 6.45) is 1.34. The third-order valence-electron chi connectivity index (χ3n) is 6.75. The molecule has 0 saturated carbocycles. The molecule has 0 amide bonds. The summed E-state index contributed by atoms with van der Waals surface area (Å²) < 4.78 is 9.73. The number of aromatic nitrogens is 4. The van der Waals surface area contributed by atoms with Gasteiger partial charge in [0, 0.05) is 28.4 Å². The molecule has 7 nitrogen and oxygen atoms in total. The van der Waals surface area contributed by atoms with Crippen LogP contribution in [0.1, 0.15) is 40.2 Å². The van der Waals surface area contributed by atoms with Crippen LogP contribution in [0.4, 0.5) is 0 Å². The molecule has 5 aromatic rings. The first kappa shape index (κ1) is 25.3. The van der Waals surface area contributed by atoms with Crippen LogP contribution < -0.4 is 5.56 Å². The standard InChI is InChI=1S/C28H25ClN4O3S2/c1-28(2)14-20-22(15-36-28)38-25-23(20)24(35)32(13-12-17-6-4-3-5-7-17)26-30-31-27(33(25)26)37-16-21(34)18-8-10-19(29)11-9-18/h3-11H,12-16H2,1-2H3. The molecule has 38 heavy (non-hydrogen) atoms. The number of ketones is 1. The zero-order chi connectivity index (χ0) is 26.4. The molecule has 0 spiro atoms. The van der Waals surface area contributed by atoms with Crippen molar-refractivity contribution >= 4 is 56.5 Å². The van der Waals surface area contributed by atoms with Gasteiger partial charge in [0.15, 0.2) is 10.9 Å². The van der Waals surface area contributed by atoms with E-state index >= 15 is 0 Å². The second-order valence-electron chi connectivity index (χ2n) is 9.94. The first-order valence-electron chi connectivity index (χ1n) is 12.3. The van der Waals surface area contributed by atoms with Crippen LogP contribution in [0.3, 0.4) is 0 Å². The number of ether oxygens (including phenoxy) is 1. The Morgan fingerprint density at radius 1 is 1.13 bits per heavy atom. The van der Waals surface area contributed by atoms with Gasteiger partial charge in [-0.25, -0.2) is 4.40 Å². The topological polar surface area (TPSA) is 78.5 Å². The average molecular weight is 565 g/mol. The molecule has 0 aliphatic carbocycles. The number of hydrogen-bond acceptors (Lipinski definition) is 7. The van der Waals surface area contributed by atoms with Gasteiger partial charge in [0.25, 0.3) is 5.56 Å². The summed E-state index contributed by atoms with van der Waals surface area (Å²) in [5.74, 6) is 0.644. The SMILES string of the molecule is CC1(C)Cc2c(sc3c2c(=O)n(CCc2ccccc2)c2nnc(SCC(=O)c4ccc(Cl)cc4)n32)CO1. The maximum absolute atomic E-state index is 14.0. The van der Waals surface area contributed by atoms with Crippen LogP contribution in [0.15, 0.2) is 64.5 Å². The Bertz CT molecular complexity index is 1720. The molecular weight excluding hydrogens is 540 g/mol. The van der Waals surface area contributed by atoms with E-state index in [0.29, 0.717) is 52.9 Å². The van der Waals surface area contributed by atoms with Crippen LogP contribution >= 0.6 is 34.7 Å². The van der Waals surface area contributed by atoms with Gasteiger partial charge in [-0.1, -0.05) is 53.7 Å². The third-order valence-corrected chi connectivity index (χ3v) is 9.13. The lowest BCUT2D eigenvalue weighted by atomic mass is 9.94. The Morgan fingerprint density at radius 3 is 2.66 bits per heavy atom. The number of carbonyl (C=O) groups excluding carboxylic acids is 1. The molecule has 0 unspecified atom stereocenters. The highest BCUT2D eigenvalue weighted by atomic mass is 35.5. The number of thiophene rings is 1. The fourth-order valence-corrected chi connectivity index (χ4v) is 7.02. The zero-order valence-corrected chi connectivity index (χ0v) is 23.3. The molecular formula is C28H25ClN4O3S2. The highest BCUT2D eigenvalue weighted by Gasteiger charge is 2.32. The van der Waals surface area contributed by atoms with Crippen molar-refractivity contribution in [3.05, 3.63) is 91.5 Å². The van der Waals surface area contributed by atoms with Gasteiger partial charge >= 0.3 is 0 Å². The molecule has 194 valence electrons. The summed E-state index contributed by atoms with van der Waals surface area (Å²) in [6, 6.07) is 17.0. The number of benzene rings is 2. The van der Waals surface area contributed by atoms with E-state index in [4.69, 9.17) is 16.3 Å². The Balaban J connectivity index is 1.44. The minimum atomic E-state index is -0.354. The highest BCUT2D eigenvalue weighted by Crippen LogP contribution is 2.38. The number of thioether (sulfide) groups is 1. The smallest absolute Gasteiger partial charge is 0.263 e. The molecule has 4 heterocycles. The van der Waals surface area contributed by atoms with Crippen LogP contribution in [0, 0.1) is 0 Å². The van der Waals surface area contributed by atoms with Gasteiger partial charge < -0.3 is 4.74 Å². The molecule has 3 aromatic heterocycles. The van der Waals surface area contributed by atoms with Crippen molar-refractivity contribution in [1.82, 2.24) is 19.2 Å². The van der Waals surface area contributed by atoms with E-state index in [0.717, 1.165) is 20.8 Å². The van der Waals surface area contributed by atoms with Crippen LogP contribution in [0.25, 0.3) is 16.0 Å². The molecule has 1 aliphatic rings. The molecule has 0 saturated heterocycles. The van der Waals surface area contributed by atoms with Crippen molar-refractivity contribution in [2.75, 3.05) is 5.75 Å². The van der Waals surface area contributed by atoms with E-state index in [9.17, 15) is 9.59 Å². The quantitative estimate of drug-likeness (QED) is 0.183. The monoisotopic (exact) mass is 564 g/mol. The van der Waals surface area contributed by atoms with Crippen LogP contribution in [-0.4, -0.2) is 36.3 Å². The van der Waals surface area contributed by atoms with Crippen molar-refractivity contribution in [2.45, 2.75) is 50.6 Å². The van der Waals surface area contributed by atoms with Crippen molar-refractivity contribution in [2.24, 2.45) is 0 Å². The molecule has 0 N–H and O–H groups in total. The summed E-state index contributed by atoms with van der Waals surface area (Å²) in [5.41, 5.74) is 2.37. The fourth-order valence-electron chi connectivity index (χ4n) is 4.79. The van der Waals surface area contributed by atoms with Gasteiger partial charge in [0.05, 0.1) is 23.3 Å². The second kappa shape index (κ2) is 9.96. The molecule has 6 rings (SSSR count). The second-order valence-corrected chi connectivity index (χ2v) is 12.4. The Hall–Kier alpha value is -2.98. The molecule has 0 atom stereocenters. The van der Waals surface area contributed by atoms with Gasteiger partial charge in [-0.3, -0.25) is 14.2 Å². The number of aryl methyl sites for hydroxylation is 2. The number of Topliss-reactive ketones (excluding diaryl/α,β-unsaturated/α-hetero) is 1. The summed E-state index contributed by atoms with van der Waals surface area (Å²) in [5, 5.41) is 10.7. The minimum absolute atomic E-state index is 0.0299. The predicted octanol–water partition coefficient (Wildman–Crippen LogP) is 5.83. The first-order chi connectivity index (χ1) is 18.3. The van der Waals surface area contributed by atoms with Gasteiger partial charge in [0.1, 0.15) is 4.83 Å². The molecule has 10 heteroatoms. The van der Waals surface area contributed by atoms with E-state index in [2.05, 4.69) is 22.3 Å². The summed E-state index contributed by atoms with van der Waals surface area (Å²) in [7, 11) is 0. The number of nitrogens with zero attached hydrogens (tertiary/aromatic N) is 4. The number of rotatable bonds is 7. The van der Waals surface area contributed by atoms with Gasteiger partial charge in [-0.15, -0.1) is 21.5 Å². The van der Waals surface area contributed by atoms with Crippen LogP contribution in [0.5, 0.6) is 0 Å². The van der Waals surface area contributed by atoms with Crippen molar-refractivity contribution in [1.29, 1.82) is 0 Å². The lowest BCUT2D eigenvalue weighted by molar-refractivity contribution is -0.0379. The molecule has 1 aliphatic heterocycles. The molecule has 2 aromatic carbocycles. The van der Waals surface area contributed by atoms with E-state index in [1.54, 1.807) is 40.2 Å². The van der Waals surface area contributed by atoms with E-state index in [1.807, 2.05) is 36.4 Å². The van der Waals surface area contributed by atoms with Gasteiger partial charge in [0.2, 0.25) is 5.78 Å². The first-order valence-corrected chi connectivity index (χ1v) is 14.5. The van der Waals surface area contributed by atoms with E-state index in [-0.39, 0.29) is 22.7 Å². The van der Waals surface area contributed by atoms with Crippen molar-refractivity contribution in [3.8, 4) is 0 Å². The number of fused-ring (bicyclic) bond motifs is 5. The van der Waals surface area contributed by atoms with Crippen LogP contribution in [-0.2, 0) is 30.7 Å². The maximum atomic E-state index is 14.0. The molecule has 0 fully saturated rings.